The first kappa shape index (κ1) is 10.2. The summed E-state index contributed by atoms with van der Waals surface area (Å²) in [5.74, 6) is 0. The van der Waals surface area contributed by atoms with Crippen molar-refractivity contribution in [1.82, 2.24) is 4.98 Å². The monoisotopic (exact) mass is 222 g/mol. The van der Waals surface area contributed by atoms with Gasteiger partial charge < -0.3 is 0 Å². The molecule has 0 atom stereocenters. The fourth-order valence-electron chi connectivity index (χ4n) is 0.426. The van der Waals surface area contributed by atoms with Crippen LogP contribution in [0, 0.1) is 6.92 Å². The molecule has 0 radical (unpaired) electrons. The average molecular weight is 223 g/mol. The third-order valence-corrected chi connectivity index (χ3v) is 0.847. The first-order chi connectivity index (χ1) is 4.81. The Morgan fingerprint density at radius 1 is 1.30 bits per heavy atom. The number of aromatic nitrogens is 1. The van der Waals surface area contributed by atoms with Crippen LogP contribution in [0.25, 0.3) is 0 Å². The number of rotatable bonds is 0. The minimum atomic E-state index is 0.382. The van der Waals surface area contributed by atoms with Crippen molar-refractivity contribution in [3.05, 3.63) is 30.1 Å². The number of hydrogen-bond donors (Lipinski definition) is 0. The molecule has 0 bridgehead atoms. The molecule has 0 unspecified atom stereocenters. The Morgan fingerprint density at radius 3 is 1.90 bits per heavy atom. The topological polar surface area (TPSA) is 12.9 Å². The summed E-state index contributed by atoms with van der Waals surface area (Å²) >= 11 is 0.382. The molecule has 0 fully saturated rings. The van der Waals surface area contributed by atoms with Crippen LogP contribution in [0.5, 0.6) is 0 Å². The Balaban J connectivity index is 0.000000236. The summed E-state index contributed by atoms with van der Waals surface area (Å²) in [5, 5.41) is 0. The van der Waals surface area contributed by atoms with Gasteiger partial charge in [-0.05, 0) is 24.6 Å². The summed E-state index contributed by atoms with van der Waals surface area (Å²) in [5.41, 5.74) is 1.26. The molecule has 1 aromatic heterocycles. The number of nitrogens with zero attached hydrogens (tertiary/aromatic N) is 1. The van der Waals surface area contributed by atoms with E-state index in [1.807, 2.05) is 19.1 Å². The number of hydrogen-bond acceptors (Lipinski definition) is 1. The molecule has 4 heteroatoms. The Labute approximate surface area is 75.2 Å². The van der Waals surface area contributed by atoms with Crippen molar-refractivity contribution in [2.24, 2.45) is 0 Å². The average Bonchev–Trinajstić information content (AvgIpc) is 1.91. The van der Waals surface area contributed by atoms with Crippen molar-refractivity contribution >= 4 is 20.3 Å². The molecule has 0 saturated heterocycles. The maximum absolute atomic E-state index is 4.73. The van der Waals surface area contributed by atoms with E-state index in [4.69, 9.17) is 20.3 Å². The van der Waals surface area contributed by atoms with E-state index in [2.05, 4.69) is 4.98 Å². The second-order valence-electron chi connectivity index (χ2n) is 1.57. The normalized spacial score (nSPS) is 8.30. The molecule has 0 N–H and O–H groups in total. The van der Waals surface area contributed by atoms with Gasteiger partial charge in [-0.3, -0.25) is 4.98 Å². The van der Waals surface area contributed by atoms with E-state index in [0.717, 1.165) is 0 Å². The molecule has 0 aliphatic rings. The van der Waals surface area contributed by atoms with E-state index < -0.39 is 0 Å². The van der Waals surface area contributed by atoms with Gasteiger partial charge in [0.2, 0.25) is 0 Å². The molecular formula is C6H7Cl2CoN. The Kier molecular flexibility index (Phi) is 7.52. The van der Waals surface area contributed by atoms with E-state index in [0.29, 0.717) is 12.9 Å². The van der Waals surface area contributed by atoms with E-state index in [1.54, 1.807) is 12.4 Å². The third-order valence-electron chi connectivity index (χ3n) is 0.847. The molecule has 59 valence electrons. The second kappa shape index (κ2) is 7.34. The van der Waals surface area contributed by atoms with Crippen LogP contribution < -0.4 is 0 Å². The van der Waals surface area contributed by atoms with E-state index in [9.17, 15) is 0 Å². The first-order valence-corrected chi connectivity index (χ1v) is 5.38. The molecule has 0 spiro atoms. The van der Waals surface area contributed by atoms with Gasteiger partial charge in [-0.1, -0.05) is 0 Å². The van der Waals surface area contributed by atoms with Crippen LogP contribution in [0.4, 0.5) is 0 Å². The molecule has 10 heavy (non-hydrogen) atoms. The van der Waals surface area contributed by atoms with Crippen LogP contribution in [0.2, 0.25) is 0 Å². The third kappa shape index (κ3) is 6.36. The Hall–Kier alpha value is 0.236. The van der Waals surface area contributed by atoms with E-state index in [1.165, 1.54) is 5.56 Å². The van der Waals surface area contributed by atoms with Crippen molar-refractivity contribution in [2.75, 3.05) is 0 Å². The van der Waals surface area contributed by atoms with Crippen LogP contribution in [-0.2, 0) is 12.9 Å². The molecule has 1 aromatic rings. The van der Waals surface area contributed by atoms with Crippen molar-refractivity contribution in [3.8, 4) is 0 Å². The van der Waals surface area contributed by atoms with Gasteiger partial charge in [0.15, 0.2) is 0 Å². The summed E-state index contributed by atoms with van der Waals surface area (Å²) < 4.78 is 0. The van der Waals surface area contributed by atoms with Gasteiger partial charge in [-0.25, -0.2) is 0 Å². The standard InChI is InChI=1S/C6H7N.2ClH.Co/c1-6-2-4-7-5-3-6;;;/h2-5H,1H3;2*1H;/q;;;+2/p-2. The zero-order valence-electron chi connectivity index (χ0n) is 5.35. The van der Waals surface area contributed by atoms with Crippen molar-refractivity contribution in [1.29, 1.82) is 0 Å². The molecule has 0 aliphatic heterocycles. The fraction of sp³-hybridized carbons (Fsp3) is 0.167. The Bertz CT molecular complexity index is 157. The van der Waals surface area contributed by atoms with Crippen LogP contribution in [0.15, 0.2) is 24.5 Å². The van der Waals surface area contributed by atoms with Crippen molar-refractivity contribution < 1.29 is 12.9 Å². The molecule has 1 rings (SSSR count). The molecule has 0 aromatic carbocycles. The van der Waals surface area contributed by atoms with Crippen LogP contribution in [0.1, 0.15) is 5.56 Å². The molecule has 0 amide bonds. The molecule has 0 aliphatic carbocycles. The zero-order chi connectivity index (χ0) is 7.82. The van der Waals surface area contributed by atoms with Gasteiger partial charge in [0.25, 0.3) is 0 Å². The second-order valence-corrected chi connectivity index (χ2v) is 3.29. The quantitative estimate of drug-likeness (QED) is 0.658. The number of halogens is 2. The Morgan fingerprint density at radius 2 is 1.70 bits per heavy atom. The zero-order valence-corrected chi connectivity index (χ0v) is 7.90. The van der Waals surface area contributed by atoms with Crippen molar-refractivity contribution in [3.63, 3.8) is 0 Å². The van der Waals surface area contributed by atoms with Gasteiger partial charge in [0, 0.05) is 12.4 Å². The molecule has 1 nitrogen and oxygen atoms in total. The predicted octanol–water partition coefficient (Wildman–Crippen LogP) is 2.77. The van der Waals surface area contributed by atoms with Crippen LogP contribution in [-0.4, -0.2) is 4.98 Å². The molecule has 0 saturated carbocycles. The summed E-state index contributed by atoms with van der Waals surface area (Å²) in [6.45, 7) is 2.04. The van der Waals surface area contributed by atoms with Gasteiger partial charge in [0.05, 0.1) is 0 Å². The van der Waals surface area contributed by atoms with Gasteiger partial charge >= 0.3 is 33.2 Å². The fourth-order valence-corrected chi connectivity index (χ4v) is 0.426. The summed E-state index contributed by atoms with van der Waals surface area (Å²) in [6, 6.07) is 3.94. The summed E-state index contributed by atoms with van der Waals surface area (Å²) in [4.78, 5) is 3.85. The van der Waals surface area contributed by atoms with Crippen molar-refractivity contribution in [2.45, 2.75) is 6.92 Å². The van der Waals surface area contributed by atoms with Gasteiger partial charge in [0.1, 0.15) is 0 Å². The summed E-state index contributed by atoms with van der Waals surface area (Å²) in [6.07, 6.45) is 3.57. The van der Waals surface area contributed by atoms with Gasteiger partial charge in [-0.2, -0.15) is 0 Å². The first-order valence-electron chi connectivity index (χ1n) is 2.51. The SMILES string of the molecule is Cc1ccncc1.[Cl][Co][Cl]. The summed E-state index contributed by atoms with van der Waals surface area (Å²) in [7, 11) is 9.47. The van der Waals surface area contributed by atoms with Crippen LogP contribution >= 0.6 is 20.3 Å². The number of pyridine rings is 1. The molecule has 1 heterocycles. The number of aryl methyl sites for hydroxylation is 1. The minimum absolute atomic E-state index is 0.382. The maximum atomic E-state index is 4.73. The molecular weight excluding hydrogens is 216 g/mol. The van der Waals surface area contributed by atoms with Crippen LogP contribution in [0.3, 0.4) is 0 Å². The van der Waals surface area contributed by atoms with E-state index in [-0.39, 0.29) is 0 Å². The van der Waals surface area contributed by atoms with Gasteiger partial charge in [-0.15, -0.1) is 0 Å². The van der Waals surface area contributed by atoms with E-state index >= 15 is 0 Å². The predicted molar refractivity (Wildman–Crippen MR) is 40.7 cm³/mol.